The topological polar surface area (TPSA) is 29.1 Å². The first kappa shape index (κ1) is 17.4. The van der Waals surface area contributed by atoms with E-state index in [9.17, 15) is 4.79 Å². The second-order valence-electron chi connectivity index (χ2n) is 5.09. The highest BCUT2D eigenvalue weighted by Crippen LogP contribution is 2.33. The molecule has 0 atom stereocenters. The van der Waals surface area contributed by atoms with Crippen molar-refractivity contribution in [2.24, 2.45) is 0 Å². The van der Waals surface area contributed by atoms with Crippen LogP contribution in [0.15, 0.2) is 59.5 Å². The van der Waals surface area contributed by atoms with E-state index < -0.39 is 0 Å². The Kier molecular flexibility index (Phi) is 5.57. The Morgan fingerprint density at radius 2 is 1.62 bits per heavy atom. The van der Waals surface area contributed by atoms with Gasteiger partial charge in [-0.1, -0.05) is 59.1 Å². The average Bonchev–Trinajstić information content (AvgIpc) is 2.52. The van der Waals surface area contributed by atoms with Gasteiger partial charge < -0.3 is 5.32 Å². The summed E-state index contributed by atoms with van der Waals surface area (Å²) in [6.45, 7) is 0. The third-order valence-electron chi connectivity index (χ3n) is 3.32. The number of carbonyl (C=O) groups is 1. The molecule has 6 heteroatoms. The molecule has 0 fully saturated rings. The number of carbonyl (C=O) groups excluding carboxylic acids is 1. The van der Waals surface area contributed by atoms with E-state index in [1.165, 1.54) is 11.8 Å². The van der Waals surface area contributed by atoms with Crippen LogP contribution in [-0.2, 0) is 4.79 Å². The van der Waals surface area contributed by atoms with E-state index in [1.54, 1.807) is 18.2 Å². The summed E-state index contributed by atoms with van der Waals surface area (Å²) in [5, 5.41) is 6.44. The van der Waals surface area contributed by atoms with E-state index >= 15 is 0 Å². The number of anilines is 1. The van der Waals surface area contributed by atoms with Gasteiger partial charge in [0.15, 0.2) is 0 Å². The Morgan fingerprint density at radius 3 is 2.33 bits per heavy atom. The van der Waals surface area contributed by atoms with Crippen LogP contribution in [0.2, 0.25) is 15.1 Å². The second kappa shape index (κ2) is 7.66. The number of rotatable bonds is 4. The lowest BCUT2D eigenvalue weighted by Crippen LogP contribution is -2.14. The highest BCUT2D eigenvalue weighted by molar-refractivity contribution is 8.00. The lowest BCUT2D eigenvalue weighted by Gasteiger charge is -2.09. The van der Waals surface area contributed by atoms with Crippen LogP contribution in [0.3, 0.4) is 0 Å². The van der Waals surface area contributed by atoms with E-state index in [-0.39, 0.29) is 11.7 Å². The monoisotopic (exact) mass is 395 g/mol. The van der Waals surface area contributed by atoms with Crippen molar-refractivity contribution >= 4 is 68.9 Å². The van der Waals surface area contributed by atoms with Gasteiger partial charge in [0.05, 0.1) is 5.75 Å². The molecule has 24 heavy (non-hydrogen) atoms. The zero-order chi connectivity index (χ0) is 17.1. The predicted molar refractivity (Wildman–Crippen MR) is 105 cm³/mol. The van der Waals surface area contributed by atoms with Crippen LogP contribution in [-0.4, -0.2) is 11.7 Å². The maximum Gasteiger partial charge on any atom is 0.234 e. The van der Waals surface area contributed by atoms with Crippen molar-refractivity contribution in [1.29, 1.82) is 0 Å². The van der Waals surface area contributed by atoms with Crippen molar-refractivity contribution in [1.82, 2.24) is 0 Å². The molecular weight excluding hydrogens is 385 g/mol. The molecule has 122 valence electrons. The van der Waals surface area contributed by atoms with Gasteiger partial charge in [0, 0.05) is 31.0 Å². The summed E-state index contributed by atoms with van der Waals surface area (Å²) in [5.74, 6) is 0.122. The number of thioether (sulfide) groups is 1. The molecule has 0 radical (unpaired) electrons. The molecule has 3 aromatic rings. The van der Waals surface area contributed by atoms with E-state index in [2.05, 4.69) is 5.32 Å². The van der Waals surface area contributed by atoms with E-state index in [4.69, 9.17) is 34.8 Å². The predicted octanol–water partition coefficient (Wildman–Crippen LogP) is 6.53. The van der Waals surface area contributed by atoms with E-state index in [0.29, 0.717) is 20.8 Å². The van der Waals surface area contributed by atoms with Gasteiger partial charge in [0.2, 0.25) is 5.91 Å². The first-order valence-corrected chi connectivity index (χ1v) is 9.21. The van der Waals surface area contributed by atoms with Crippen molar-refractivity contribution in [2.45, 2.75) is 4.90 Å². The molecule has 2 nitrogen and oxygen atoms in total. The van der Waals surface area contributed by atoms with Gasteiger partial charge in [-0.05, 0) is 35.7 Å². The summed E-state index contributed by atoms with van der Waals surface area (Å²) in [6, 6.07) is 16.6. The lowest BCUT2D eigenvalue weighted by molar-refractivity contribution is -0.113. The summed E-state index contributed by atoms with van der Waals surface area (Å²) in [6.07, 6.45) is 0. The molecule has 1 N–H and O–H groups in total. The number of benzene rings is 3. The van der Waals surface area contributed by atoms with Gasteiger partial charge in [-0.15, -0.1) is 11.8 Å². The summed E-state index contributed by atoms with van der Waals surface area (Å²) in [5.41, 5.74) is 0.578. The minimum Gasteiger partial charge on any atom is -0.325 e. The normalized spacial score (nSPS) is 10.8. The fourth-order valence-corrected chi connectivity index (χ4v) is 4.12. The van der Waals surface area contributed by atoms with Crippen molar-refractivity contribution in [2.75, 3.05) is 11.1 Å². The summed E-state index contributed by atoms with van der Waals surface area (Å²) in [4.78, 5) is 13.1. The van der Waals surface area contributed by atoms with E-state index in [1.807, 2.05) is 36.4 Å². The molecule has 0 heterocycles. The zero-order valence-electron chi connectivity index (χ0n) is 12.4. The van der Waals surface area contributed by atoms with Crippen LogP contribution in [0.1, 0.15) is 0 Å². The Hall–Kier alpha value is -1.39. The Morgan fingerprint density at radius 1 is 0.958 bits per heavy atom. The number of hydrogen-bond acceptors (Lipinski definition) is 2. The van der Waals surface area contributed by atoms with E-state index in [0.717, 1.165) is 15.7 Å². The molecule has 0 aliphatic rings. The average molecular weight is 397 g/mol. The summed E-state index contributed by atoms with van der Waals surface area (Å²) in [7, 11) is 0. The number of halogens is 3. The summed E-state index contributed by atoms with van der Waals surface area (Å²) >= 11 is 19.6. The molecule has 0 bridgehead atoms. The van der Waals surface area contributed by atoms with Crippen molar-refractivity contribution in [3.8, 4) is 0 Å². The van der Waals surface area contributed by atoms with Crippen molar-refractivity contribution in [3.05, 3.63) is 69.7 Å². The standard InChI is InChI=1S/C18H12Cl3NOS/c19-12-7-13(20)9-14(8-12)22-17(23)10-24-16-6-2-4-11-3-1-5-15(21)18(11)16/h1-9H,10H2,(H,22,23). The van der Waals surface area contributed by atoms with Crippen LogP contribution >= 0.6 is 46.6 Å². The quantitative estimate of drug-likeness (QED) is 0.508. The van der Waals surface area contributed by atoms with Crippen LogP contribution in [0.25, 0.3) is 10.8 Å². The van der Waals surface area contributed by atoms with Gasteiger partial charge in [0.25, 0.3) is 0 Å². The lowest BCUT2D eigenvalue weighted by atomic mass is 10.1. The van der Waals surface area contributed by atoms with Crippen LogP contribution in [0.5, 0.6) is 0 Å². The largest absolute Gasteiger partial charge is 0.325 e. The fraction of sp³-hybridized carbons (Fsp3) is 0.0556. The molecule has 0 aliphatic carbocycles. The minimum atomic E-state index is -0.137. The molecule has 0 saturated heterocycles. The molecule has 0 spiro atoms. The number of fused-ring (bicyclic) bond motifs is 1. The molecule has 3 rings (SSSR count). The molecule has 1 amide bonds. The van der Waals surface area contributed by atoms with Gasteiger partial charge >= 0.3 is 0 Å². The Labute approximate surface area is 159 Å². The molecule has 0 unspecified atom stereocenters. The zero-order valence-corrected chi connectivity index (χ0v) is 15.4. The van der Waals surface area contributed by atoms with Crippen molar-refractivity contribution in [3.63, 3.8) is 0 Å². The third-order valence-corrected chi connectivity index (χ3v) is 5.13. The molecule has 0 aromatic heterocycles. The maximum absolute atomic E-state index is 12.2. The Bertz CT molecular complexity index is 888. The SMILES string of the molecule is O=C(CSc1cccc2cccc(Cl)c12)Nc1cc(Cl)cc(Cl)c1. The number of hydrogen-bond donors (Lipinski definition) is 1. The van der Waals surface area contributed by atoms with Gasteiger partial charge in [-0.2, -0.15) is 0 Å². The first-order valence-electron chi connectivity index (χ1n) is 7.09. The fourth-order valence-electron chi connectivity index (χ4n) is 2.35. The number of amides is 1. The highest BCUT2D eigenvalue weighted by Gasteiger charge is 2.09. The molecule has 0 aliphatic heterocycles. The Balaban J connectivity index is 1.73. The first-order chi connectivity index (χ1) is 11.5. The number of nitrogens with one attached hydrogen (secondary N) is 1. The van der Waals surface area contributed by atoms with Crippen LogP contribution in [0.4, 0.5) is 5.69 Å². The highest BCUT2D eigenvalue weighted by atomic mass is 35.5. The molecule has 0 saturated carbocycles. The van der Waals surface area contributed by atoms with Crippen LogP contribution in [0, 0.1) is 0 Å². The van der Waals surface area contributed by atoms with Gasteiger partial charge in [-0.25, -0.2) is 0 Å². The molecular formula is C18H12Cl3NOS. The third kappa shape index (κ3) is 4.17. The second-order valence-corrected chi connectivity index (χ2v) is 7.39. The maximum atomic E-state index is 12.2. The molecule has 3 aromatic carbocycles. The van der Waals surface area contributed by atoms with Crippen LogP contribution < -0.4 is 5.32 Å². The minimum absolute atomic E-state index is 0.137. The smallest absolute Gasteiger partial charge is 0.234 e. The summed E-state index contributed by atoms with van der Waals surface area (Å²) < 4.78 is 0. The van der Waals surface area contributed by atoms with Gasteiger partial charge in [-0.3, -0.25) is 4.79 Å². The van der Waals surface area contributed by atoms with Crippen molar-refractivity contribution < 1.29 is 4.79 Å². The van der Waals surface area contributed by atoms with Gasteiger partial charge in [0.1, 0.15) is 0 Å².